The summed E-state index contributed by atoms with van der Waals surface area (Å²) in [5, 5.41) is 6.30. The Morgan fingerprint density at radius 3 is 3.00 bits per heavy atom. The summed E-state index contributed by atoms with van der Waals surface area (Å²) in [6.07, 6.45) is 3.55. The number of hydrogen-bond donors (Lipinski definition) is 2. The molecule has 1 fully saturated rings. The average Bonchev–Trinajstić information content (AvgIpc) is 2.27. The first-order valence-electron chi connectivity index (χ1n) is 6.38. The van der Waals surface area contributed by atoms with Gasteiger partial charge in [-0.1, -0.05) is 6.92 Å². The first-order valence-corrected chi connectivity index (χ1v) is 6.38. The molecule has 1 heterocycles. The molecule has 0 bridgehead atoms. The first kappa shape index (κ1) is 13.5. The molecule has 1 rings (SSSR count). The van der Waals surface area contributed by atoms with E-state index in [2.05, 4.69) is 22.5 Å². The second kappa shape index (κ2) is 7.63. The van der Waals surface area contributed by atoms with Crippen molar-refractivity contribution >= 4 is 5.91 Å². The molecule has 1 saturated heterocycles. The number of piperidine rings is 1. The van der Waals surface area contributed by atoms with Gasteiger partial charge in [0.05, 0.1) is 6.54 Å². The van der Waals surface area contributed by atoms with Gasteiger partial charge in [-0.05, 0) is 45.3 Å². The predicted molar refractivity (Wildman–Crippen MR) is 66.4 cm³/mol. The second-order valence-corrected chi connectivity index (χ2v) is 4.76. The van der Waals surface area contributed by atoms with E-state index in [0.717, 1.165) is 32.6 Å². The minimum atomic E-state index is 0.146. The van der Waals surface area contributed by atoms with Crippen LogP contribution in [0.5, 0.6) is 0 Å². The maximum atomic E-state index is 11.5. The smallest absolute Gasteiger partial charge is 0.234 e. The van der Waals surface area contributed by atoms with Crippen molar-refractivity contribution in [3.8, 4) is 0 Å². The molecule has 4 nitrogen and oxygen atoms in total. The number of carbonyl (C=O) groups excluding carboxylic acids is 1. The number of hydrogen-bond acceptors (Lipinski definition) is 3. The van der Waals surface area contributed by atoms with Crippen molar-refractivity contribution in [1.29, 1.82) is 0 Å². The van der Waals surface area contributed by atoms with Crippen molar-refractivity contribution < 1.29 is 4.79 Å². The summed E-state index contributed by atoms with van der Waals surface area (Å²) in [5.74, 6) is 0.853. The highest BCUT2D eigenvalue weighted by Crippen LogP contribution is 2.10. The minimum Gasteiger partial charge on any atom is -0.355 e. The molecule has 2 N–H and O–H groups in total. The fourth-order valence-corrected chi connectivity index (χ4v) is 2.15. The van der Waals surface area contributed by atoms with E-state index in [4.69, 9.17) is 0 Å². The van der Waals surface area contributed by atoms with Gasteiger partial charge in [-0.15, -0.1) is 0 Å². The molecule has 0 spiro atoms. The molecule has 0 radical (unpaired) electrons. The van der Waals surface area contributed by atoms with Crippen LogP contribution in [0.3, 0.4) is 0 Å². The second-order valence-electron chi connectivity index (χ2n) is 4.76. The van der Waals surface area contributed by atoms with Crippen molar-refractivity contribution in [3.05, 3.63) is 0 Å². The Labute approximate surface area is 98.8 Å². The van der Waals surface area contributed by atoms with E-state index in [0.29, 0.717) is 12.5 Å². The van der Waals surface area contributed by atoms with Crippen LogP contribution in [0, 0.1) is 5.92 Å². The summed E-state index contributed by atoms with van der Waals surface area (Å²) in [5.41, 5.74) is 0. The zero-order valence-corrected chi connectivity index (χ0v) is 10.6. The molecule has 0 aromatic carbocycles. The van der Waals surface area contributed by atoms with Crippen LogP contribution in [0.1, 0.15) is 26.2 Å². The standard InChI is InChI=1S/C12H25N3O/c1-3-6-14-12(16)10-15(2)9-11-5-4-7-13-8-11/h11,13H,3-10H2,1-2H3,(H,14,16). The topological polar surface area (TPSA) is 44.4 Å². The van der Waals surface area contributed by atoms with Crippen LogP contribution in [0.2, 0.25) is 0 Å². The third-order valence-electron chi connectivity index (χ3n) is 2.95. The van der Waals surface area contributed by atoms with Crippen LogP contribution in [0.15, 0.2) is 0 Å². The lowest BCUT2D eigenvalue weighted by atomic mass is 9.99. The third-order valence-corrected chi connectivity index (χ3v) is 2.95. The summed E-state index contributed by atoms with van der Waals surface area (Å²) in [4.78, 5) is 13.6. The SMILES string of the molecule is CCCNC(=O)CN(C)CC1CCCNC1. The minimum absolute atomic E-state index is 0.146. The lowest BCUT2D eigenvalue weighted by Crippen LogP contribution is -2.41. The monoisotopic (exact) mass is 227 g/mol. The molecular weight excluding hydrogens is 202 g/mol. The molecular formula is C12H25N3O. The highest BCUT2D eigenvalue weighted by atomic mass is 16.2. The summed E-state index contributed by atoms with van der Waals surface area (Å²) in [6.45, 7) is 6.65. The van der Waals surface area contributed by atoms with Gasteiger partial charge in [0.25, 0.3) is 0 Å². The molecule has 1 aliphatic rings. The molecule has 0 saturated carbocycles. The normalized spacial score (nSPS) is 21.1. The van der Waals surface area contributed by atoms with Crippen molar-refractivity contribution in [3.63, 3.8) is 0 Å². The van der Waals surface area contributed by atoms with Gasteiger partial charge >= 0.3 is 0 Å². The predicted octanol–water partition coefficient (Wildman–Crippen LogP) is 0.444. The van der Waals surface area contributed by atoms with E-state index in [-0.39, 0.29) is 5.91 Å². The average molecular weight is 227 g/mol. The van der Waals surface area contributed by atoms with Crippen LogP contribution in [-0.4, -0.2) is 50.6 Å². The van der Waals surface area contributed by atoms with E-state index in [1.165, 1.54) is 12.8 Å². The molecule has 0 aliphatic carbocycles. The van der Waals surface area contributed by atoms with E-state index >= 15 is 0 Å². The molecule has 1 aliphatic heterocycles. The summed E-state index contributed by atoms with van der Waals surface area (Å²) in [7, 11) is 2.03. The van der Waals surface area contributed by atoms with Gasteiger partial charge in [0.1, 0.15) is 0 Å². The molecule has 94 valence electrons. The molecule has 1 atom stereocenters. The zero-order valence-electron chi connectivity index (χ0n) is 10.6. The number of nitrogens with one attached hydrogen (secondary N) is 2. The van der Waals surface area contributed by atoms with Gasteiger partial charge in [0.15, 0.2) is 0 Å². The van der Waals surface area contributed by atoms with E-state index in [1.54, 1.807) is 0 Å². The number of rotatable bonds is 6. The molecule has 16 heavy (non-hydrogen) atoms. The van der Waals surface area contributed by atoms with E-state index < -0.39 is 0 Å². The lowest BCUT2D eigenvalue weighted by molar-refractivity contribution is -0.122. The summed E-state index contributed by atoms with van der Waals surface area (Å²) >= 11 is 0. The number of amides is 1. The fraction of sp³-hybridized carbons (Fsp3) is 0.917. The van der Waals surface area contributed by atoms with Crippen LogP contribution in [-0.2, 0) is 4.79 Å². The summed E-state index contributed by atoms with van der Waals surface area (Å²) in [6, 6.07) is 0. The molecule has 4 heteroatoms. The van der Waals surface area contributed by atoms with Crippen molar-refractivity contribution in [2.24, 2.45) is 5.92 Å². The number of likely N-dealkylation sites (N-methyl/N-ethyl adjacent to an activating group) is 1. The van der Waals surface area contributed by atoms with Gasteiger partial charge in [-0.25, -0.2) is 0 Å². The fourth-order valence-electron chi connectivity index (χ4n) is 2.15. The van der Waals surface area contributed by atoms with Gasteiger partial charge < -0.3 is 10.6 Å². The quantitative estimate of drug-likeness (QED) is 0.692. The van der Waals surface area contributed by atoms with Crippen molar-refractivity contribution in [2.75, 3.05) is 39.8 Å². The Bertz CT molecular complexity index is 202. The summed E-state index contributed by atoms with van der Waals surface area (Å²) < 4.78 is 0. The molecule has 0 aromatic rings. The third kappa shape index (κ3) is 5.47. The Morgan fingerprint density at radius 2 is 2.38 bits per heavy atom. The molecule has 0 aromatic heterocycles. The largest absolute Gasteiger partial charge is 0.355 e. The van der Waals surface area contributed by atoms with Gasteiger partial charge in [0.2, 0.25) is 5.91 Å². The van der Waals surface area contributed by atoms with Crippen molar-refractivity contribution in [2.45, 2.75) is 26.2 Å². The van der Waals surface area contributed by atoms with E-state index in [1.807, 2.05) is 7.05 Å². The Balaban J connectivity index is 2.13. The highest BCUT2D eigenvalue weighted by Gasteiger charge is 2.16. The van der Waals surface area contributed by atoms with Gasteiger partial charge in [0, 0.05) is 13.1 Å². The maximum Gasteiger partial charge on any atom is 0.234 e. The van der Waals surface area contributed by atoms with Gasteiger partial charge in [-0.3, -0.25) is 9.69 Å². The Morgan fingerprint density at radius 1 is 1.56 bits per heavy atom. The Hall–Kier alpha value is -0.610. The zero-order chi connectivity index (χ0) is 11.8. The van der Waals surface area contributed by atoms with Crippen LogP contribution in [0.4, 0.5) is 0 Å². The van der Waals surface area contributed by atoms with Gasteiger partial charge in [-0.2, -0.15) is 0 Å². The number of nitrogens with zero attached hydrogens (tertiary/aromatic N) is 1. The van der Waals surface area contributed by atoms with E-state index in [9.17, 15) is 4.79 Å². The maximum absolute atomic E-state index is 11.5. The van der Waals surface area contributed by atoms with Crippen LogP contribution in [0.25, 0.3) is 0 Å². The highest BCUT2D eigenvalue weighted by molar-refractivity contribution is 5.77. The molecule has 1 unspecified atom stereocenters. The lowest BCUT2D eigenvalue weighted by Gasteiger charge is -2.27. The molecule has 1 amide bonds. The van der Waals surface area contributed by atoms with Crippen molar-refractivity contribution in [1.82, 2.24) is 15.5 Å². The van der Waals surface area contributed by atoms with Crippen LogP contribution < -0.4 is 10.6 Å². The number of carbonyl (C=O) groups is 1. The first-order chi connectivity index (χ1) is 7.72. The van der Waals surface area contributed by atoms with Crippen LogP contribution >= 0.6 is 0 Å². The Kier molecular flexibility index (Phi) is 6.42.